The first-order valence-corrected chi connectivity index (χ1v) is 4.13. The molecule has 5 heteroatoms. The molecule has 1 aromatic carbocycles. The van der Waals surface area contributed by atoms with Crippen molar-refractivity contribution in [2.24, 2.45) is 0 Å². The zero-order chi connectivity index (χ0) is 9.30. The van der Waals surface area contributed by atoms with Crippen molar-refractivity contribution in [2.75, 3.05) is 7.11 Å². The number of methoxy groups -OCH3 is 1. The Morgan fingerprint density at radius 3 is 2.33 bits per heavy atom. The Bertz CT molecular complexity index is 311. The van der Waals surface area contributed by atoms with Gasteiger partial charge >= 0.3 is 0 Å². The van der Waals surface area contributed by atoms with E-state index in [0.29, 0.717) is 0 Å². The van der Waals surface area contributed by atoms with Crippen molar-refractivity contribution in [2.45, 2.75) is 0 Å². The molecular formula is C7H7IO4. The molecule has 0 aliphatic rings. The number of hydrogen-bond donors (Lipinski definition) is 3. The van der Waals surface area contributed by atoms with Crippen molar-refractivity contribution in [3.63, 3.8) is 0 Å². The minimum Gasteiger partial charge on any atom is -0.507 e. The van der Waals surface area contributed by atoms with Gasteiger partial charge in [-0.1, -0.05) is 0 Å². The Labute approximate surface area is 82.6 Å². The third-order valence-electron chi connectivity index (χ3n) is 1.38. The molecule has 4 nitrogen and oxygen atoms in total. The van der Waals surface area contributed by atoms with Crippen molar-refractivity contribution in [1.82, 2.24) is 0 Å². The van der Waals surface area contributed by atoms with Gasteiger partial charge in [-0.05, 0) is 22.6 Å². The standard InChI is InChI=1S/C7H7IO4/c1-12-4-2-3(9)5(8)7(11)6(4)10/h2,9-11H,1H3. The molecule has 0 aliphatic carbocycles. The molecule has 0 saturated carbocycles. The van der Waals surface area contributed by atoms with Crippen LogP contribution in [0, 0.1) is 3.57 Å². The molecule has 66 valence electrons. The summed E-state index contributed by atoms with van der Waals surface area (Å²) in [5.41, 5.74) is 0. The van der Waals surface area contributed by atoms with Gasteiger partial charge in [-0.15, -0.1) is 0 Å². The van der Waals surface area contributed by atoms with Gasteiger partial charge in [0.05, 0.1) is 7.11 Å². The summed E-state index contributed by atoms with van der Waals surface area (Å²) in [5, 5.41) is 27.6. The topological polar surface area (TPSA) is 69.9 Å². The first-order valence-electron chi connectivity index (χ1n) is 3.05. The molecule has 1 rings (SSSR count). The average Bonchev–Trinajstić information content (AvgIpc) is 2.08. The lowest BCUT2D eigenvalue weighted by Gasteiger charge is -2.07. The van der Waals surface area contributed by atoms with Crippen LogP contribution in [0.4, 0.5) is 0 Å². The summed E-state index contributed by atoms with van der Waals surface area (Å²) in [6.45, 7) is 0. The Hall–Kier alpha value is -0.850. The molecule has 0 aliphatic heterocycles. The summed E-state index contributed by atoms with van der Waals surface area (Å²) in [7, 11) is 1.33. The van der Waals surface area contributed by atoms with E-state index in [4.69, 9.17) is 0 Å². The van der Waals surface area contributed by atoms with Gasteiger partial charge in [-0.3, -0.25) is 0 Å². The molecule has 1 aromatic rings. The monoisotopic (exact) mass is 282 g/mol. The third-order valence-corrected chi connectivity index (χ3v) is 2.44. The number of halogens is 1. The zero-order valence-electron chi connectivity index (χ0n) is 6.21. The van der Waals surface area contributed by atoms with Gasteiger partial charge in [-0.2, -0.15) is 0 Å². The molecule has 12 heavy (non-hydrogen) atoms. The Kier molecular flexibility index (Phi) is 2.51. The van der Waals surface area contributed by atoms with Crippen LogP contribution in [-0.2, 0) is 0 Å². The molecule has 0 atom stereocenters. The van der Waals surface area contributed by atoms with Crippen LogP contribution in [0.25, 0.3) is 0 Å². The van der Waals surface area contributed by atoms with Crippen molar-refractivity contribution < 1.29 is 20.1 Å². The fourth-order valence-corrected chi connectivity index (χ4v) is 1.16. The smallest absolute Gasteiger partial charge is 0.201 e. The molecule has 0 bridgehead atoms. The normalized spacial score (nSPS) is 9.83. The van der Waals surface area contributed by atoms with E-state index in [2.05, 4.69) is 4.74 Å². The van der Waals surface area contributed by atoms with Crippen molar-refractivity contribution >= 4 is 22.6 Å². The molecule has 0 amide bonds. The Morgan fingerprint density at radius 2 is 1.83 bits per heavy atom. The number of hydrogen-bond acceptors (Lipinski definition) is 4. The molecule has 0 unspecified atom stereocenters. The lowest BCUT2D eigenvalue weighted by molar-refractivity contribution is 0.343. The van der Waals surface area contributed by atoms with E-state index >= 15 is 0 Å². The third kappa shape index (κ3) is 1.36. The van der Waals surface area contributed by atoms with Gasteiger partial charge in [-0.25, -0.2) is 0 Å². The predicted octanol–water partition coefficient (Wildman–Crippen LogP) is 1.42. The van der Waals surface area contributed by atoms with E-state index in [0.717, 1.165) is 0 Å². The molecule has 0 spiro atoms. The highest BCUT2D eigenvalue weighted by Gasteiger charge is 2.14. The minimum absolute atomic E-state index is 0.0467. The number of benzene rings is 1. The number of ether oxygens (including phenoxy) is 1. The molecule has 0 aromatic heterocycles. The highest BCUT2D eigenvalue weighted by molar-refractivity contribution is 14.1. The number of rotatable bonds is 1. The van der Waals surface area contributed by atoms with Crippen molar-refractivity contribution in [3.05, 3.63) is 9.64 Å². The van der Waals surface area contributed by atoms with Crippen LogP contribution in [0.2, 0.25) is 0 Å². The van der Waals surface area contributed by atoms with Gasteiger partial charge in [0.2, 0.25) is 5.75 Å². The van der Waals surface area contributed by atoms with E-state index in [-0.39, 0.29) is 26.6 Å². The average molecular weight is 282 g/mol. The molecule has 0 fully saturated rings. The molecule has 3 N–H and O–H groups in total. The first kappa shape index (κ1) is 9.24. The minimum atomic E-state index is -0.368. The van der Waals surface area contributed by atoms with E-state index in [9.17, 15) is 15.3 Å². The maximum atomic E-state index is 9.21. The van der Waals surface area contributed by atoms with Crippen LogP contribution < -0.4 is 4.74 Å². The first-order chi connectivity index (χ1) is 5.57. The maximum Gasteiger partial charge on any atom is 0.201 e. The van der Waals surface area contributed by atoms with Crippen molar-refractivity contribution in [3.8, 4) is 23.0 Å². The second-order valence-corrected chi connectivity index (χ2v) is 3.19. The number of phenols is 3. The van der Waals surface area contributed by atoms with Crippen LogP contribution in [0.1, 0.15) is 0 Å². The maximum absolute atomic E-state index is 9.21. The highest BCUT2D eigenvalue weighted by atomic mass is 127. The second-order valence-electron chi connectivity index (χ2n) is 2.11. The summed E-state index contributed by atoms with van der Waals surface area (Å²) in [6.07, 6.45) is 0. The second kappa shape index (κ2) is 3.26. The Balaban J connectivity index is 3.39. The molecule has 0 saturated heterocycles. The highest BCUT2D eigenvalue weighted by Crippen LogP contribution is 2.43. The van der Waals surface area contributed by atoms with Crippen LogP contribution >= 0.6 is 22.6 Å². The summed E-state index contributed by atoms with van der Waals surface area (Å²) in [5.74, 6) is -0.805. The fourth-order valence-electron chi connectivity index (χ4n) is 0.753. The summed E-state index contributed by atoms with van der Waals surface area (Å²) < 4.78 is 4.89. The number of aromatic hydroxyl groups is 3. The van der Waals surface area contributed by atoms with Gasteiger partial charge in [0.25, 0.3) is 0 Å². The quantitative estimate of drug-likeness (QED) is 0.414. The molecule has 0 radical (unpaired) electrons. The van der Waals surface area contributed by atoms with Gasteiger partial charge in [0.15, 0.2) is 11.5 Å². The number of phenolic OH excluding ortho intramolecular Hbond substituents is 3. The summed E-state index contributed by atoms with van der Waals surface area (Å²) >= 11 is 1.71. The molecular weight excluding hydrogens is 275 g/mol. The van der Waals surface area contributed by atoms with Crippen molar-refractivity contribution in [1.29, 1.82) is 0 Å². The van der Waals surface area contributed by atoms with Crippen LogP contribution in [0.5, 0.6) is 23.0 Å². The Morgan fingerprint density at radius 1 is 1.25 bits per heavy atom. The zero-order valence-corrected chi connectivity index (χ0v) is 8.36. The van der Waals surface area contributed by atoms with Gasteiger partial charge in [0, 0.05) is 6.07 Å². The summed E-state index contributed by atoms with van der Waals surface area (Å²) in [4.78, 5) is 0. The van der Waals surface area contributed by atoms with E-state index in [1.807, 2.05) is 0 Å². The lowest BCUT2D eigenvalue weighted by atomic mass is 10.3. The predicted molar refractivity (Wildman–Crippen MR) is 50.7 cm³/mol. The molecule has 0 heterocycles. The van der Waals surface area contributed by atoms with Gasteiger partial charge in [0.1, 0.15) is 9.32 Å². The van der Waals surface area contributed by atoms with Crippen LogP contribution in [-0.4, -0.2) is 22.4 Å². The fraction of sp³-hybridized carbons (Fsp3) is 0.143. The SMILES string of the molecule is COc1cc(O)c(I)c(O)c1O. The largest absolute Gasteiger partial charge is 0.507 e. The van der Waals surface area contributed by atoms with E-state index in [1.54, 1.807) is 22.6 Å². The van der Waals surface area contributed by atoms with Crippen LogP contribution in [0.3, 0.4) is 0 Å². The lowest BCUT2D eigenvalue weighted by Crippen LogP contribution is -1.86. The van der Waals surface area contributed by atoms with E-state index in [1.165, 1.54) is 13.2 Å². The van der Waals surface area contributed by atoms with Crippen LogP contribution in [0.15, 0.2) is 6.07 Å². The van der Waals surface area contributed by atoms with Gasteiger partial charge < -0.3 is 20.1 Å². The summed E-state index contributed by atoms with van der Waals surface area (Å²) in [6, 6.07) is 1.23. The van der Waals surface area contributed by atoms with E-state index < -0.39 is 0 Å².